The molecule has 1 aliphatic heterocycles. The molecule has 6 heteroatoms. The van der Waals surface area contributed by atoms with E-state index in [9.17, 15) is 9.59 Å². The van der Waals surface area contributed by atoms with Crippen molar-refractivity contribution in [1.82, 2.24) is 15.5 Å². The van der Waals surface area contributed by atoms with E-state index in [0.29, 0.717) is 19.4 Å². The molecule has 1 aliphatic rings. The second-order valence-corrected chi connectivity index (χ2v) is 8.01. The Morgan fingerprint density at radius 3 is 2.08 bits per heavy atom. The van der Waals surface area contributed by atoms with E-state index in [-0.39, 0.29) is 5.91 Å². The van der Waals surface area contributed by atoms with E-state index >= 15 is 0 Å². The smallest absolute Gasteiger partial charge is 0.408 e. The van der Waals surface area contributed by atoms with Crippen molar-refractivity contribution in [2.45, 2.75) is 84.3 Å². The number of ether oxygens (including phenoxy) is 1. The highest BCUT2D eigenvalue weighted by Crippen LogP contribution is 2.21. The van der Waals surface area contributed by atoms with Crippen molar-refractivity contribution in [3.63, 3.8) is 0 Å². The first-order valence-electron chi connectivity index (χ1n) is 9.74. The molecule has 1 heterocycles. The average molecular weight is 356 g/mol. The minimum atomic E-state index is -0.892. The van der Waals surface area contributed by atoms with Gasteiger partial charge < -0.3 is 20.3 Å². The third-order valence-corrected chi connectivity index (χ3v) is 4.44. The number of carbonyl (C=O) groups excluding carboxylic acids is 2. The normalized spacial score (nSPS) is 15.9. The van der Waals surface area contributed by atoms with Gasteiger partial charge in [-0.05, 0) is 59.5 Å². The summed E-state index contributed by atoms with van der Waals surface area (Å²) in [6, 6.07) is 0. The van der Waals surface area contributed by atoms with Crippen LogP contribution in [0.3, 0.4) is 0 Å². The first-order valence-corrected chi connectivity index (χ1v) is 9.74. The minimum Gasteiger partial charge on any atom is -0.444 e. The first kappa shape index (κ1) is 21.7. The number of hydrogen-bond acceptors (Lipinski definition) is 4. The van der Waals surface area contributed by atoms with Gasteiger partial charge in [0, 0.05) is 13.1 Å². The predicted octanol–water partition coefficient (Wildman–Crippen LogP) is 3.06. The summed E-state index contributed by atoms with van der Waals surface area (Å²) >= 11 is 0. The number of carbonyl (C=O) groups is 2. The molecular weight excluding hydrogens is 318 g/mol. The molecule has 2 N–H and O–H groups in total. The van der Waals surface area contributed by atoms with Crippen molar-refractivity contribution in [3.8, 4) is 0 Å². The van der Waals surface area contributed by atoms with Gasteiger partial charge in [-0.1, -0.05) is 26.7 Å². The fourth-order valence-electron chi connectivity index (χ4n) is 3.39. The van der Waals surface area contributed by atoms with Gasteiger partial charge in [-0.3, -0.25) is 4.79 Å². The Labute approximate surface area is 153 Å². The standard InChI is InChI=1S/C19H37N3O3/c1-6-10-19(11-7-2,21-17(24)25-18(3,4)5)16(23)20-12-15-22-13-8-9-14-22/h6-15H2,1-5H3,(H,20,23)(H,21,24). The van der Waals surface area contributed by atoms with Crippen molar-refractivity contribution in [2.24, 2.45) is 0 Å². The van der Waals surface area contributed by atoms with Crippen LogP contribution in [0.15, 0.2) is 0 Å². The van der Waals surface area contributed by atoms with Gasteiger partial charge in [0.25, 0.3) is 0 Å². The van der Waals surface area contributed by atoms with Crippen molar-refractivity contribution in [2.75, 3.05) is 26.2 Å². The van der Waals surface area contributed by atoms with E-state index in [1.54, 1.807) is 0 Å². The summed E-state index contributed by atoms with van der Waals surface area (Å²) < 4.78 is 5.38. The summed E-state index contributed by atoms with van der Waals surface area (Å²) in [7, 11) is 0. The second kappa shape index (κ2) is 10.00. The zero-order chi connectivity index (χ0) is 18.9. The van der Waals surface area contributed by atoms with E-state index in [2.05, 4.69) is 15.5 Å². The molecule has 0 bridgehead atoms. The van der Waals surface area contributed by atoms with Crippen LogP contribution in [0.1, 0.15) is 73.1 Å². The van der Waals surface area contributed by atoms with E-state index in [1.807, 2.05) is 34.6 Å². The minimum absolute atomic E-state index is 0.0961. The lowest BCUT2D eigenvalue weighted by Crippen LogP contribution is -2.60. The summed E-state index contributed by atoms with van der Waals surface area (Å²) in [5.74, 6) is -0.0961. The SMILES string of the molecule is CCCC(CCC)(NC(=O)OC(C)(C)C)C(=O)NCCN1CCCC1. The van der Waals surface area contributed by atoms with Gasteiger partial charge in [-0.2, -0.15) is 0 Å². The van der Waals surface area contributed by atoms with E-state index in [4.69, 9.17) is 4.74 Å². The summed E-state index contributed by atoms with van der Waals surface area (Å²) in [6.07, 6.45) is 4.80. The number of nitrogens with zero attached hydrogens (tertiary/aromatic N) is 1. The maximum absolute atomic E-state index is 12.9. The third-order valence-electron chi connectivity index (χ3n) is 4.44. The van der Waals surface area contributed by atoms with Gasteiger partial charge in [-0.15, -0.1) is 0 Å². The maximum Gasteiger partial charge on any atom is 0.408 e. The van der Waals surface area contributed by atoms with Gasteiger partial charge in [-0.25, -0.2) is 4.79 Å². The molecule has 2 amide bonds. The maximum atomic E-state index is 12.9. The molecule has 0 unspecified atom stereocenters. The lowest BCUT2D eigenvalue weighted by molar-refractivity contribution is -0.128. The molecule has 25 heavy (non-hydrogen) atoms. The molecule has 1 saturated heterocycles. The predicted molar refractivity (Wildman–Crippen MR) is 101 cm³/mol. The van der Waals surface area contributed by atoms with Crippen molar-refractivity contribution in [1.29, 1.82) is 0 Å². The fraction of sp³-hybridized carbons (Fsp3) is 0.895. The van der Waals surface area contributed by atoms with Crippen LogP contribution in [0.25, 0.3) is 0 Å². The fourth-order valence-corrected chi connectivity index (χ4v) is 3.39. The Balaban J connectivity index is 2.70. The average Bonchev–Trinajstić information content (AvgIpc) is 2.98. The van der Waals surface area contributed by atoms with Crippen LogP contribution in [0.4, 0.5) is 4.79 Å². The topological polar surface area (TPSA) is 70.7 Å². The van der Waals surface area contributed by atoms with Gasteiger partial charge in [0.05, 0.1) is 0 Å². The van der Waals surface area contributed by atoms with E-state index < -0.39 is 17.2 Å². The number of hydrogen-bond donors (Lipinski definition) is 2. The molecule has 0 radical (unpaired) electrons. The number of nitrogens with one attached hydrogen (secondary N) is 2. The molecule has 1 rings (SSSR count). The van der Waals surface area contributed by atoms with Crippen LogP contribution in [0.5, 0.6) is 0 Å². The monoisotopic (exact) mass is 355 g/mol. The van der Waals surface area contributed by atoms with E-state index in [1.165, 1.54) is 12.8 Å². The molecule has 1 fully saturated rings. The summed E-state index contributed by atoms with van der Waals surface area (Å²) in [5.41, 5.74) is -1.47. The highest BCUT2D eigenvalue weighted by atomic mass is 16.6. The van der Waals surface area contributed by atoms with E-state index in [0.717, 1.165) is 32.5 Å². The van der Waals surface area contributed by atoms with Gasteiger partial charge >= 0.3 is 6.09 Å². The van der Waals surface area contributed by atoms with Crippen molar-refractivity contribution < 1.29 is 14.3 Å². The van der Waals surface area contributed by atoms with Crippen molar-refractivity contribution >= 4 is 12.0 Å². The Kier molecular flexibility index (Phi) is 8.69. The molecular formula is C19H37N3O3. The quantitative estimate of drug-likeness (QED) is 0.667. The molecule has 0 saturated carbocycles. The van der Waals surface area contributed by atoms with Crippen LogP contribution in [0.2, 0.25) is 0 Å². The largest absolute Gasteiger partial charge is 0.444 e. The summed E-state index contributed by atoms with van der Waals surface area (Å²) in [4.78, 5) is 27.6. The molecule has 0 spiro atoms. The van der Waals surface area contributed by atoms with Gasteiger partial charge in [0.15, 0.2) is 0 Å². The Hall–Kier alpha value is -1.30. The lowest BCUT2D eigenvalue weighted by Gasteiger charge is -2.34. The molecule has 0 aromatic rings. The number of alkyl carbamates (subject to hydrolysis) is 1. The Morgan fingerprint density at radius 2 is 1.60 bits per heavy atom. The van der Waals surface area contributed by atoms with Crippen LogP contribution >= 0.6 is 0 Å². The summed E-state index contributed by atoms with van der Waals surface area (Å²) in [6.45, 7) is 13.2. The Morgan fingerprint density at radius 1 is 1.04 bits per heavy atom. The molecule has 0 aromatic carbocycles. The number of likely N-dealkylation sites (tertiary alicyclic amines) is 1. The molecule has 6 nitrogen and oxygen atoms in total. The molecule has 146 valence electrons. The van der Waals surface area contributed by atoms with Crippen LogP contribution in [-0.2, 0) is 9.53 Å². The molecule has 0 aromatic heterocycles. The zero-order valence-corrected chi connectivity index (χ0v) is 16.7. The second-order valence-electron chi connectivity index (χ2n) is 8.01. The highest BCUT2D eigenvalue weighted by Gasteiger charge is 2.39. The van der Waals surface area contributed by atoms with Crippen LogP contribution in [0, 0.1) is 0 Å². The van der Waals surface area contributed by atoms with Gasteiger partial charge in [0.1, 0.15) is 11.1 Å². The highest BCUT2D eigenvalue weighted by molar-refractivity contribution is 5.90. The first-order chi connectivity index (χ1) is 11.7. The third kappa shape index (κ3) is 7.63. The zero-order valence-electron chi connectivity index (χ0n) is 16.7. The number of amides is 2. The van der Waals surface area contributed by atoms with Crippen molar-refractivity contribution in [3.05, 3.63) is 0 Å². The molecule has 0 aliphatic carbocycles. The Bertz CT molecular complexity index is 420. The number of rotatable bonds is 9. The summed E-state index contributed by atoms with van der Waals surface area (Å²) in [5, 5.41) is 5.92. The lowest BCUT2D eigenvalue weighted by atomic mass is 9.87. The van der Waals surface area contributed by atoms with Crippen LogP contribution in [-0.4, -0.2) is 54.2 Å². The van der Waals surface area contributed by atoms with Gasteiger partial charge in [0.2, 0.25) is 5.91 Å². The van der Waals surface area contributed by atoms with Crippen LogP contribution < -0.4 is 10.6 Å². The molecule has 0 atom stereocenters.